The molecule has 34 heavy (non-hydrogen) atoms. The number of rotatable bonds is 5. The van der Waals surface area contributed by atoms with Crippen molar-refractivity contribution in [1.29, 1.82) is 0 Å². The number of piperazine rings is 1. The van der Waals surface area contributed by atoms with Crippen LogP contribution in [0.5, 0.6) is 0 Å². The Labute approximate surface area is 203 Å². The lowest BCUT2D eigenvalue weighted by molar-refractivity contribution is 0.142. The quantitative estimate of drug-likeness (QED) is 0.629. The van der Waals surface area contributed by atoms with Gasteiger partial charge in [-0.3, -0.25) is 0 Å². The maximum absolute atomic E-state index is 13.5. The lowest BCUT2D eigenvalue weighted by atomic mass is 10.1. The van der Waals surface area contributed by atoms with E-state index in [0.29, 0.717) is 24.2 Å². The summed E-state index contributed by atoms with van der Waals surface area (Å²) in [6.07, 6.45) is 3.18. The first-order chi connectivity index (χ1) is 16.2. The van der Waals surface area contributed by atoms with Gasteiger partial charge in [0.05, 0.1) is 28.5 Å². The van der Waals surface area contributed by atoms with Gasteiger partial charge in [-0.2, -0.15) is 4.37 Å². The Balaban J connectivity index is 1.55. The van der Waals surface area contributed by atoms with Crippen LogP contribution in [0.4, 0.5) is 22.2 Å². The summed E-state index contributed by atoms with van der Waals surface area (Å²) in [7, 11) is -3.73. The van der Waals surface area contributed by atoms with Crippen LogP contribution in [0.2, 0.25) is 0 Å². The second-order valence-electron chi connectivity index (χ2n) is 9.79. The van der Waals surface area contributed by atoms with Gasteiger partial charge in [-0.25, -0.2) is 23.0 Å². The summed E-state index contributed by atoms with van der Waals surface area (Å²) in [6, 6.07) is 4.07. The van der Waals surface area contributed by atoms with E-state index in [1.54, 1.807) is 6.07 Å². The Bertz CT molecular complexity index is 1230. The Hall–Kier alpha value is -2.48. The largest absolute Gasteiger partial charge is 0.391 e. The minimum Gasteiger partial charge on any atom is -0.391 e. The second-order valence-corrected chi connectivity index (χ2v) is 12.2. The Morgan fingerprint density at radius 2 is 1.94 bits per heavy atom. The van der Waals surface area contributed by atoms with E-state index in [2.05, 4.69) is 48.2 Å². The molecule has 182 valence electrons. The average Bonchev–Trinajstić information content (AvgIpc) is 3.17. The maximum atomic E-state index is 13.5. The molecule has 1 saturated heterocycles. The first kappa shape index (κ1) is 22.0. The third-order valence-electron chi connectivity index (χ3n) is 6.68. The molecule has 1 aliphatic carbocycles. The number of nitrogens with one attached hydrogen (secondary N) is 2. The molecule has 2 fully saturated rings. The number of fused-ring (bicyclic) bond motifs is 3. The van der Waals surface area contributed by atoms with Crippen molar-refractivity contribution in [2.45, 2.75) is 56.1 Å². The van der Waals surface area contributed by atoms with E-state index in [1.807, 2.05) is 17.9 Å². The molecule has 1 saturated carbocycles. The van der Waals surface area contributed by atoms with E-state index in [9.17, 15) is 8.42 Å². The van der Waals surface area contributed by atoms with E-state index in [0.717, 1.165) is 43.0 Å². The highest BCUT2D eigenvalue weighted by Gasteiger charge is 2.44. The van der Waals surface area contributed by atoms with Crippen molar-refractivity contribution in [3.05, 3.63) is 18.5 Å². The lowest BCUT2D eigenvalue weighted by Gasteiger charge is -2.39. The molecule has 4 heterocycles. The van der Waals surface area contributed by atoms with E-state index in [-0.39, 0.29) is 22.5 Å². The van der Waals surface area contributed by atoms with Gasteiger partial charge in [0.15, 0.2) is 0 Å². The van der Waals surface area contributed by atoms with Crippen molar-refractivity contribution in [2.24, 2.45) is 5.16 Å². The van der Waals surface area contributed by atoms with Gasteiger partial charge >= 0.3 is 0 Å². The summed E-state index contributed by atoms with van der Waals surface area (Å²) in [5.41, 5.74) is 2.15. The monoisotopic (exact) mass is 504 g/mol. The maximum Gasteiger partial charge on any atom is 0.254 e. The van der Waals surface area contributed by atoms with Crippen LogP contribution in [-0.4, -0.2) is 67.6 Å². The van der Waals surface area contributed by atoms with Crippen LogP contribution in [0, 0.1) is 0 Å². The number of benzene rings is 1. The van der Waals surface area contributed by atoms with Gasteiger partial charge in [0, 0.05) is 42.2 Å². The van der Waals surface area contributed by atoms with Gasteiger partial charge in [-0.1, -0.05) is 0 Å². The van der Waals surface area contributed by atoms with E-state index >= 15 is 0 Å². The summed E-state index contributed by atoms with van der Waals surface area (Å²) in [4.78, 5) is 16.3. The molecule has 2 unspecified atom stereocenters. The molecule has 2 atom stereocenters. The van der Waals surface area contributed by atoms with Crippen LogP contribution >= 0.6 is 11.5 Å². The molecule has 1 aromatic carbocycles. The fraction of sp³-hybridized carbons (Fsp3) is 0.571. The first-order valence-electron chi connectivity index (χ1n) is 11.5. The SMILES string of the molecule is CC1CN(c2cc(S(=O)(=O)NC3(C)CC3)cc3c2N2CCON=C2N3c2ncns2)CC(C)N1. The fourth-order valence-corrected chi connectivity index (χ4v) is 6.99. The normalized spacial score (nSPS) is 25.5. The molecule has 1 aromatic heterocycles. The van der Waals surface area contributed by atoms with Gasteiger partial charge < -0.3 is 20.0 Å². The molecule has 6 rings (SSSR count). The Morgan fingerprint density at radius 1 is 1.21 bits per heavy atom. The number of sulfonamides is 1. The number of nitrogens with zero attached hydrogens (tertiary/aromatic N) is 6. The Morgan fingerprint density at radius 3 is 2.62 bits per heavy atom. The third kappa shape index (κ3) is 3.70. The lowest BCUT2D eigenvalue weighted by Crippen LogP contribution is -2.54. The molecule has 0 amide bonds. The van der Waals surface area contributed by atoms with Gasteiger partial charge in [0.25, 0.3) is 5.96 Å². The minimum atomic E-state index is -3.73. The molecule has 11 nitrogen and oxygen atoms in total. The van der Waals surface area contributed by atoms with Crippen LogP contribution in [0.3, 0.4) is 0 Å². The molecule has 3 aliphatic heterocycles. The van der Waals surface area contributed by atoms with Gasteiger partial charge in [-0.05, 0) is 50.9 Å². The Kier molecular flexibility index (Phi) is 5.03. The van der Waals surface area contributed by atoms with Crippen LogP contribution < -0.4 is 24.7 Å². The molecule has 0 radical (unpaired) electrons. The molecule has 4 aliphatic rings. The molecular weight excluding hydrogens is 476 g/mol. The van der Waals surface area contributed by atoms with Gasteiger partial charge in [0.2, 0.25) is 15.2 Å². The van der Waals surface area contributed by atoms with Crippen molar-refractivity contribution in [3.8, 4) is 0 Å². The number of hydrogen-bond donors (Lipinski definition) is 2. The molecule has 0 spiro atoms. The minimum absolute atomic E-state index is 0.240. The fourth-order valence-electron chi connectivity index (χ4n) is 4.94. The number of guanidine groups is 1. The molecule has 2 N–H and O–H groups in total. The summed E-state index contributed by atoms with van der Waals surface area (Å²) in [5, 5.41) is 8.50. The third-order valence-corrected chi connectivity index (χ3v) is 8.95. The summed E-state index contributed by atoms with van der Waals surface area (Å²) < 4.78 is 34.1. The summed E-state index contributed by atoms with van der Waals surface area (Å²) in [5.74, 6) is 0.576. The van der Waals surface area contributed by atoms with Gasteiger partial charge in [0.1, 0.15) is 12.9 Å². The van der Waals surface area contributed by atoms with Crippen molar-refractivity contribution in [3.63, 3.8) is 0 Å². The van der Waals surface area contributed by atoms with Crippen LogP contribution in [0.25, 0.3) is 0 Å². The summed E-state index contributed by atoms with van der Waals surface area (Å²) in [6.45, 7) is 8.82. The number of oxime groups is 1. The smallest absolute Gasteiger partial charge is 0.254 e. The number of aromatic nitrogens is 2. The van der Waals surface area contributed by atoms with E-state index < -0.39 is 10.0 Å². The predicted octanol–water partition coefficient (Wildman–Crippen LogP) is 1.81. The highest BCUT2D eigenvalue weighted by molar-refractivity contribution is 7.89. The first-order valence-corrected chi connectivity index (χ1v) is 13.8. The summed E-state index contributed by atoms with van der Waals surface area (Å²) >= 11 is 1.23. The van der Waals surface area contributed by atoms with Crippen molar-refractivity contribution < 1.29 is 13.3 Å². The van der Waals surface area contributed by atoms with E-state index in [4.69, 9.17) is 4.84 Å². The van der Waals surface area contributed by atoms with Crippen LogP contribution in [-0.2, 0) is 14.9 Å². The van der Waals surface area contributed by atoms with Crippen molar-refractivity contribution in [2.75, 3.05) is 40.9 Å². The molecular formula is C21H28N8O3S2. The molecule has 0 bridgehead atoms. The topological polar surface area (TPSA) is 115 Å². The highest BCUT2D eigenvalue weighted by atomic mass is 32.2. The number of anilines is 4. The van der Waals surface area contributed by atoms with Crippen LogP contribution in [0.15, 0.2) is 28.5 Å². The average molecular weight is 505 g/mol. The standard InChI is InChI=1S/C21H28N8O3S2/c1-13-10-27(11-14(2)24-13)16-8-15(34(30,31)26-21(3)4-5-21)9-17-18(16)28-6-7-32-25-19(28)29(17)20-22-12-23-33-20/h8-9,12-14,24,26H,4-7,10-11H2,1-3H3. The molecule has 13 heteroatoms. The van der Waals surface area contributed by atoms with Gasteiger partial charge in [-0.15, -0.1) is 0 Å². The second kappa shape index (κ2) is 7.77. The highest BCUT2D eigenvalue weighted by Crippen LogP contribution is 2.50. The zero-order valence-corrected chi connectivity index (χ0v) is 21.0. The zero-order chi connectivity index (χ0) is 23.7. The molecule has 2 aromatic rings. The van der Waals surface area contributed by atoms with Crippen molar-refractivity contribution >= 4 is 49.7 Å². The number of hydrogen-bond acceptors (Lipinski definition) is 11. The van der Waals surface area contributed by atoms with Crippen molar-refractivity contribution in [1.82, 2.24) is 19.4 Å². The predicted molar refractivity (Wildman–Crippen MR) is 131 cm³/mol. The van der Waals surface area contributed by atoms with E-state index in [1.165, 1.54) is 17.9 Å². The zero-order valence-electron chi connectivity index (χ0n) is 19.4. The van der Waals surface area contributed by atoms with Crippen LogP contribution in [0.1, 0.15) is 33.6 Å².